The van der Waals surface area contributed by atoms with Crippen LogP contribution in [0.3, 0.4) is 0 Å². The van der Waals surface area contributed by atoms with Gasteiger partial charge in [-0.3, -0.25) is 4.79 Å². The van der Waals surface area contributed by atoms with Gasteiger partial charge in [-0.05, 0) is 65.3 Å². The van der Waals surface area contributed by atoms with Crippen LogP contribution in [-0.2, 0) is 12.0 Å². The van der Waals surface area contributed by atoms with Crippen molar-refractivity contribution in [1.29, 1.82) is 0 Å². The Hall–Kier alpha value is -3.84. The average Bonchev–Trinajstić information content (AvgIpc) is 2.87. The first-order chi connectivity index (χ1) is 18.5. The van der Waals surface area contributed by atoms with E-state index in [2.05, 4.69) is 87.5 Å². The van der Waals surface area contributed by atoms with Gasteiger partial charge in [0.25, 0.3) is 5.91 Å². The molecule has 2 N–H and O–H groups in total. The topological polar surface area (TPSA) is 81.3 Å². The second kappa shape index (κ2) is 10.4. The summed E-state index contributed by atoms with van der Waals surface area (Å²) in [6, 6.07) is 21.7. The molecule has 1 aliphatic rings. The van der Waals surface area contributed by atoms with E-state index in [0.717, 1.165) is 32.7 Å². The normalized spacial score (nSPS) is 15.1. The minimum Gasteiger partial charge on any atom is -0.467 e. The van der Waals surface area contributed by atoms with Gasteiger partial charge in [0.15, 0.2) is 0 Å². The van der Waals surface area contributed by atoms with E-state index in [-0.39, 0.29) is 17.3 Å². The lowest BCUT2D eigenvalue weighted by molar-refractivity contribution is 0.0589. The van der Waals surface area contributed by atoms with Gasteiger partial charge in [-0.1, -0.05) is 63.2 Å². The molecule has 200 valence electrons. The van der Waals surface area contributed by atoms with Crippen LogP contribution < -0.4 is 10.5 Å². The van der Waals surface area contributed by atoms with Gasteiger partial charge in [0.05, 0.1) is 12.2 Å². The smallest absolute Gasteiger partial charge is 0.254 e. The molecule has 0 radical (unpaired) electrons. The Kier molecular flexibility index (Phi) is 7.12. The molecule has 5 rings (SSSR count). The molecule has 6 nitrogen and oxygen atoms in total. The molecule has 1 atom stereocenters. The van der Waals surface area contributed by atoms with Crippen LogP contribution in [0, 0.1) is 13.8 Å². The van der Waals surface area contributed by atoms with Crippen molar-refractivity contribution in [1.82, 2.24) is 14.9 Å². The molecule has 39 heavy (non-hydrogen) atoms. The SMILES string of the molecule is Cc1cccc(C)c1-c1cc(OC2CN(C(=O)c3cccc(S)c3)Cc3cc(C(C)(C)C)ccc32)nc(N)n1. The maximum absolute atomic E-state index is 13.6. The average molecular weight is 539 g/mol. The Bertz CT molecular complexity index is 1540. The number of nitrogens with two attached hydrogens (primary N) is 1. The summed E-state index contributed by atoms with van der Waals surface area (Å²) in [5.74, 6) is 0.454. The molecule has 0 saturated heterocycles. The number of amides is 1. The number of carbonyl (C=O) groups excluding carboxylic acids is 1. The molecule has 0 aliphatic carbocycles. The van der Waals surface area contributed by atoms with Gasteiger partial charge >= 0.3 is 0 Å². The molecule has 1 aliphatic heterocycles. The highest BCUT2D eigenvalue weighted by Gasteiger charge is 2.32. The zero-order valence-electron chi connectivity index (χ0n) is 23.0. The van der Waals surface area contributed by atoms with Crippen molar-refractivity contribution in [3.05, 3.63) is 100 Å². The van der Waals surface area contributed by atoms with Crippen LogP contribution in [0.4, 0.5) is 5.95 Å². The Morgan fingerprint density at radius 1 is 1.00 bits per heavy atom. The quantitative estimate of drug-likeness (QED) is 0.283. The van der Waals surface area contributed by atoms with Crippen LogP contribution in [0.15, 0.2) is 71.6 Å². The summed E-state index contributed by atoms with van der Waals surface area (Å²) in [6.07, 6.45) is -0.425. The Morgan fingerprint density at radius 2 is 1.72 bits per heavy atom. The lowest BCUT2D eigenvalue weighted by atomic mass is 9.83. The van der Waals surface area contributed by atoms with E-state index in [4.69, 9.17) is 10.5 Å². The minimum atomic E-state index is -0.425. The zero-order chi connectivity index (χ0) is 27.9. The zero-order valence-corrected chi connectivity index (χ0v) is 23.9. The van der Waals surface area contributed by atoms with Crippen molar-refractivity contribution in [2.45, 2.75) is 57.6 Å². The number of rotatable bonds is 4. The number of aryl methyl sites for hydroxylation is 2. The highest BCUT2D eigenvalue weighted by Crippen LogP contribution is 2.36. The first kappa shape index (κ1) is 26.8. The number of hydrogen-bond acceptors (Lipinski definition) is 6. The number of anilines is 1. The largest absolute Gasteiger partial charge is 0.467 e. The van der Waals surface area contributed by atoms with Crippen molar-refractivity contribution < 1.29 is 9.53 Å². The third kappa shape index (κ3) is 5.64. The monoisotopic (exact) mass is 538 g/mol. The molecule has 4 aromatic rings. The number of nitrogen functional groups attached to an aromatic ring is 1. The second-order valence-corrected chi connectivity index (χ2v) is 11.7. The fourth-order valence-corrected chi connectivity index (χ4v) is 5.39. The number of ether oxygens (including phenoxy) is 1. The number of benzene rings is 3. The molecule has 7 heteroatoms. The van der Waals surface area contributed by atoms with E-state index in [9.17, 15) is 4.79 Å². The summed E-state index contributed by atoms with van der Waals surface area (Å²) >= 11 is 4.43. The van der Waals surface area contributed by atoms with Crippen molar-refractivity contribution in [3.8, 4) is 17.1 Å². The Labute approximate surface area is 235 Å². The number of thiol groups is 1. The number of nitrogens with zero attached hydrogens (tertiary/aromatic N) is 3. The summed E-state index contributed by atoms with van der Waals surface area (Å²) in [5.41, 5.74) is 14.0. The van der Waals surface area contributed by atoms with Crippen molar-refractivity contribution >= 4 is 24.5 Å². The predicted molar refractivity (Wildman–Crippen MR) is 158 cm³/mol. The maximum atomic E-state index is 13.6. The minimum absolute atomic E-state index is 0.0283. The van der Waals surface area contributed by atoms with E-state index in [1.54, 1.807) is 6.07 Å². The molecular weight excluding hydrogens is 504 g/mol. The van der Waals surface area contributed by atoms with Crippen molar-refractivity contribution in [3.63, 3.8) is 0 Å². The van der Waals surface area contributed by atoms with Crippen LogP contribution in [0.1, 0.15) is 65.1 Å². The highest BCUT2D eigenvalue weighted by molar-refractivity contribution is 7.80. The van der Waals surface area contributed by atoms with Gasteiger partial charge < -0.3 is 15.4 Å². The molecule has 3 aromatic carbocycles. The van der Waals surface area contributed by atoms with E-state index < -0.39 is 6.10 Å². The molecule has 0 saturated carbocycles. The molecule has 0 fully saturated rings. The van der Waals surface area contributed by atoms with E-state index >= 15 is 0 Å². The van der Waals surface area contributed by atoms with Crippen LogP contribution in [-0.4, -0.2) is 27.3 Å². The molecular formula is C32H34N4O2S. The van der Waals surface area contributed by atoms with Crippen LogP contribution in [0.2, 0.25) is 0 Å². The van der Waals surface area contributed by atoms with Crippen molar-refractivity contribution in [2.24, 2.45) is 0 Å². The fraction of sp³-hybridized carbons (Fsp3) is 0.281. The summed E-state index contributed by atoms with van der Waals surface area (Å²) in [6.45, 7) is 11.5. The van der Waals surface area contributed by atoms with Crippen LogP contribution in [0.5, 0.6) is 5.88 Å². The maximum Gasteiger partial charge on any atom is 0.254 e. The molecule has 0 spiro atoms. The first-order valence-corrected chi connectivity index (χ1v) is 13.5. The highest BCUT2D eigenvalue weighted by atomic mass is 32.1. The third-order valence-electron chi connectivity index (χ3n) is 7.20. The standard InChI is InChI=1S/C32H34N4O2S/c1-19-8-6-9-20(2)29(19)26-16-28(35-31(33)34-26)38-27-18-36(30(37)21-10-7-11-24(39)15-21)17-22-14-23(32(3,4)5)12-13-25(22)27/h6-16,27,39H,17-18H2,1-5H3,(H2,33,34,35). The van der Waals surface area contributed by atoms with E-state index in [0.29, 0.717) is 30.2 Å². The summed E-state index contributed by atoms with van der Waals surface area (Å²) in [5, 5.41) is 0. The predicted octanol–water partition coefficient (Wildman–Crippen LogP) is 6.70. The van der Waals surface area contributed by atoms with Gasteiger partial charge in [0.2, 0.25) is 11.8 Å². The van der Waals surface area contributed by atoms with Gasteiger partial charge in [-0.15, -0.1) is 12.6 Å². The molecule has 1 unspecified atom stereocenters. The molecule has 1 aromatic heterocycles. The van der Waals surface area contributed by atoms with Crippen LogP contribution in [0.25, 0.3) is 11.3 Å². The lowest BCUT2D eigenvalue weighted by Crippen LogP contribution is -2.40. The van der Waals surface area contributed by atoms with Crippen LogP contribution >= 0.6 is 12.6 Å². The summed E-state index contributed by atoms with van der Waals surface area (Å²) in [4.78, 5) is 25.1. The number of carbonyl (C=O) groups is 1. The van der Waals surface area contributed by atoms with E-state index in [1.807, 2.05) is 35.2 Å². The first-order valence-electron chi connectivity index (χ1n) is 13.1. The Morgan fingerprint density at radius 3 is 2.41 bits per heavy atom. The Balaban J connectivity index is 1.54. The van der Waals surface area contributed by atoms with Crippen molar-refractivity contribution in [2.75, 3.05) is 12.3 Å². The summed E-state index contributed by atoms with van der Waals surface area (Å²) in [7, 11) is 0. The third-order valence-corrected chi connectivity index (χ3v) is 7.48. The molecule has 1 amide bonds. The number of aromatic nitrogens is 2. The molecule has 2 heterocycles. The lowest BCUT2D eigenvalue weighted by Gasteiger charge is -2.35. The summed E-state index contributed by atoms with van der Waals surface area (Å²) < 4.78 is 6.53. The van der Waals surface area contributed by atoms with Gasteiger partial charge in [0, 0.05) is 28.6 Å². The fourth-order valence-electron chi connectivity index (χ4n) is 5.16. The molecule has 0 bridgehead atoms. The van der Waals surface area contributed by atoms with Gasteiger partial charge in [0.1, 0.15) is 6.10 Å². The number of hydrogen-bond donors (Lipinski definition) is 2. The number of fused-ring (bicyclic) bond motifs is 1. The van der Waals surface area contributed by atoms with Gasteiger partial charge in [-0.25, -0.2) is 4.98 Å². The van der Waals surface area contributed by atoms with Gasteiger partial charge in [-0.2, -0.15) is 4.98 Å². The van der Waals surface area contributed by atoms with E-state index in [1.165, 1.54) is 5.56 Å². The second-order valence-electron chi connectivity index (χ2n) is 11.2.